The summed E-state index contributed by atoms with van der Waals surface area (Å²) < 4.78 is 0. The van der Waals surface area contributed by atoms with Crippen molar-refractivity contribution in [2.75, 3.05) is 19.0 Å². The first-order valence-corrected chi connectivity index (χ1v) is 8.23. The number of carboxylic acids is 1. The number of carbonyl (C=O) groups is 2. The maximum atomic E-state index is 12.8. The van der Waals surface area contributed by atoms with E-state index in [2.05, 4.69) is 0 Å². The lowest BCUT2D eigenvalue weighted by Crippen LogP contribution is -2.13. The molecule has 0 saturated carbocycles. The number of halogens is 4. The van der Waals surface area contributed by atoms with Gasteiger partial charge in [-0.05, 0) is 12.1 Å². The number of carboxylic acid groups (broad SMARTS) is 1. The van der Waals surface area contributed by atoms with Gasteiger partial charge in [-0.3, -0.25) is 4.79 Å². The molecule has 0 unspecified atom stereocenters. The van der Waals surface area contributed by atoms with E-state index in [4.69, 9.17) is 46.4 Å². The average Bonchev–Trinajstić information content (AvgIpc) is 2.54. The van der Waals surface area contributed by atoms with E-state index in [1.54, 1.807) is 25.1 Å². The molecule has 2 aromatic rings. The Hall–Kier alpha value is -1.66. The molecule has 0 atom stereocenters. The van der Waals surface area contributed by atoms with Gasteiger partial charge in [0.15, 0.2) is 5.78 Å². The molecule has 25 heavy (non-hydrogen) atoms. The zero-order valence-corrected chi connectivity index (χ0v) is 15.9. The first kappa shape index (κ1) is 19.7. The van der Waals surface area contributed by atoms with Crippen LogP contribution in [0.1, 0.15) is 26.3 Å². The van der Waals surface area contributed by atoms with E-state index < -0.39 is 27.9 Å². The maximum Gasteiger partial charge on any atom is 0.338 e. The summed E-state index contributed by atoms with van der Waals surface area (Å²) >= 11 is 23.8. The highest BCUT2D eigenvalue weighted by Gasteiger charge is 2.30. The maximum absolute atomic E-state index is 12.8. The number of carbonyl (C=O) groups excluding carboxylic acids is 1. The van der Waals surface area contributed by atoms with Crippen molar-refractivity contribution >= 4 is 63.8 Å². The fourth-order valence-corrected chi connectivity index (χ4v) is 3.19. The van der Waals surface area contributed by atoms with Crippen molar-refractivity contribution in [2.24, 2.45) is 0 Å². The van der Waals surface area contributed by atoms with Crippen LogP contribution in [-0.2, 0) is 0 Å². The van der Waals surface area contributed by atoms with E-state index >= 15 is 0 Å². The van der Waals surface area contributed by atoms with Crippen LogP contribution in [0.5, 0.6) is 5.75 Å². The van der Waals surface area contributed by atoms with Crippen LogP contribution in [0.2, 0.25) is 20.1 Å². The lowest BCUT2D eigenvalue weighted by Gasteiger charge is -2.16. The molecule has 0 radical (unpaired) electrons. The lowest BCUT2D eigenvalue weighted by atomic mass is 9.97. The molecule has 0 bridgehead atoms. The van der Waals surface area contributed by atoms with Crippen LogP contribution in [0.3, 0.4) is 0 Å². The predicted molar refractivity (Wildman–Crippen MR) is 99.3 cm³/mol. The van der Waals surface area contributed by atoms with E-state index in [0.717, 1.165) is 0 Å². The van der Waals surface area contributed by atoms with Gasteiger partial charge >= 0.3 is 5.97 Å². The molecule has 0 aliphatic rings. The van der Waals surface area contributed by atoms with Gasteiger partial charge in [-0.2, -0.15) is 0 Å². The molecule has 0 aliphatic carbocycles. The second kappa shape index (κ2) is 7.30. The summed E-state index contributed by atoms with van der Waals surface area (Å²) in [6.45, 7) is 0. The van der Waals surface area contributed by atoms with Gasteiger partial charge in [0.25, 0.3) is 0 Å². The molecule has 0 amide bonds. The predicted octanol–water partition coefficient (Wildman–Crippen LogP) is 5.00. The number of rotatable bonds is 4. The zero-order chi connectivity index (χ0) is 19.0. The number of hydrogen-bond donors (Lipinski definition) is 2. The van der Waals surface area contributed by atoms with Crippen molar-refractivity contribution in [1.29, 1.82) is 0 Å². The standard InChI is InChI=1S/C16H11Cl4NO4/c1-21(2)6-3-4-7(8(22)5-6)15(23)9-10(16(24)25)12(18)14(20)13(19)11(9)17/h3-5,22H,1-2H3,(H,24,25). The molecule has 0 heterocycles. The van der Waals surface area contributed by atoms with Gasteiger partial charge in [-0.25, -0.2) is 4.79 Å². The summed E-state index contributed by atoms with van der Waals surface area (Å²) in [6.07, 6.45) is 0. The average molecular weight is 423 g/mol. The third kappa shape index (κ3) is 3.51. The van der Waals surface area contributed by atoms with Crippen LogP contribution in [0.25, 0.3) is 0 Å². The normalized spacial score (nSPS) is 10.6. The molecule has 132 valence electrons. The third-order valence-electron chi connectivity index (χ3n) is 3.45. The molecular formula is C16H11Cl4NO4. The van der Waals surface area contributed by atoms with Crippen molar-refractivity contribution < 1.29 is 19.8 Å². The van der Waals surface area contributed by atoms with Crippen LogP contribution in [0.15, 0.2) is 18.2 Å². The fraction of sp³-hybridized carbons (Fsp3) is 0.125. The number of aromatic hydroxyl groups is 1. The summed E-state index contributed by atoms with van der Waals surface area (Å²) in [4.78, 5) is 26.1. The Balaban J connectivity index is 2.74. The number of hydrogen-bond acceptors (Lipinski definition) is 4. The van der Waals surface area contributed by atoms with Crippen molar-refractivity contribution in [1.82, 2.24) is 0 Å². The van der Waals surface area contributed by atoms with Crippen molar-refractivity contribution in [3.05, 3.63) is 55.0 Å². The Morgan fingerprint density at radius 3 is 1.88 bits per heavy atom. The van der Waals surface area contributed by atoms with Gasteiger partial charge in [0, 0.05) is 25.8 Å². The zero-order valence-electron chi connectivity index (χ0n) is 12.9. The molecule has 0 aliphatic heterocycles. The second-order valence-electron chi connectivity index (χ2n) is 5.24. The van der Waals surface area contributed by atoms with Crippen LogP contribution in [0.4, 0.5) is 5.69 Å². The molecule has 9 heteroatoms. The quantitative estimate of drug-likeness (QED) is 0.411. The highest BCUT2D eigenvalue weighted by atomic mass is 35.5. The molecular weight excluding hydrogens is 412 g/mol. The van der Waals surface area contributed by atoms with Crippen LogP contribution in [0, 0.1) is 0 Å². The number of nitrogens with zero attached hydrogens (tertiary/aromatic N) is 1. The van der Waals surface area contributed by atoms with Gasteiger partial charge in [-0.1, -0.05) is 46.4 Å². The minimum absolute atomic E-state index is 0.149. The minimum Gasteiger partial charge on any atom is -0.507 e. The topological polar surface area (TPSA) is 77.8 Å². The van der Waals surface area contributed by atoms with E-state index in [-0.39, 0.29) is 26.4 Å². The van der Waals surface area contributed by atoms with Gasteiger partial charge in [-0.15, -0.1) is 0 Å². The molecule has 0 spiro atoms. The summed E-state index contributed by atoms with van der Waals surface area (Å²) in [5, 5.41) is 18.3. The monoisotopic (exact) mass is 421 g/mol. The number of aromatic carboxylic acids is 1. The van der Waals surface area contributed by atoms with E-state index in [1.807, 2.05) is 0 Å². The first-order valence-electron chi connectivity index (χ1n) is 6.72. The highest BCUT2D eigenvalue weighted by molar-refractivity contribution is 6.54. The largest absolute Gasteiger partial charge is 0.507 e. The number of anilines is 1. The Labute approximate surface area is 163 Å². The van der Waals surface area contributed by atoms with E-state index in [1.165, 1.54) is 12.1 Å². The van der Waals surface area contributed by atoms with Crippen molar-refractivity contribution in [3.63, 3.8) is 0 Å². The van der Waals surface area contributed by atoms with Gasteiger partial charge in [0.1, 0.15) is 5.75 Å². The SMILES string of the molecule is CN(C)c1ccc(C(=O)c2c(Cl)c(Cl)c(Cl)c(Cl)c2C(=O)O)c(O)c1. The number of phenolic OH excluding ortho intramolecular Hbond substituents is 1. The molecule has 2 N–H and O–H groups in total. The molecule has 0 aromatic heterocycles. The molecule has 2 aromatic carbocycles. The minimum atomic E-state index is -1.50. The van der Waals surface area contributed by atoms with Gasteiger partial charge in [0.2, 0.25) is 0 Å². The highest BCUT2D eigenvalue weighted by Crippen LogP contribution is 2.43. The van der Waals surface area contributed by atoms with Crippen LogP contribution < -0.4 is 4.90 Å². The van der Waals surface area contributed by atoms with E-state index in [9.17, 15) is 19.8 Å². The Bertz CT molecular complexity index is 896. The molecule has 5 nitrogen and oxygen atoms in total. The number of phenols is 1. The summed E-state index contributed by atoms with van der Waals surface area (Å²) in [7, 11) is 3.52. The first-order chi connectivity index (χ1) is 11.6. The molecule has 0 fully saturated rings. The third-order valence-corrected chi connectivity index (χ3v) is 5.25. The lowest BCUT2D eigenvalue weighted by molar-refractivity contribution is 0.0693. The summed E-state index contributed by atoms with van der Waals surface area (Å²) in [5.74, 6) is -2.69. The molecule has 2 rings (SSSR count). The summed E-state index contributed by atoms with van der Waals surface area (Å²) in [6, 6.07) is 4.30. The van der Waals surface area contributed by atoms with Crippen LogP contribution in [-0.4, -0.2) is 36.1 Å². The smallest absolute Gasteiger partial charge is 0.338 e. The van der Waals surface area contributed by atoms with Crippen molar-refractivity contribution in [3.8, 4) is 5.75 Å². The number of ketones is 1. The van der Waals surface area contributed by atoms with E-state index in [0.29, 0.717) is 5.69 Å². The fourth-order valence-electron chi connectivity index (χ4n) is 2.17. The van der Waals surface area contributed by atoms with Crippen molar-refractivity contribution in [2.45, 2.75) is 0 Å². The second-order valence-corrected chi connectivity index (χ2v) is 6.75. The van der Waals surface area contributed by atoms with Gasteiger partial charge in [0.05, 0.1) is 36.8 Å². The summed E-state index contributed by atoms with van der Waals surface area (Å²) in [5.41, 5.74) is -0.529. The van der Waals surface area contributed by atoms with Gasteiger partial charge < -0.3 is 15.1 Å². The Morgan fingerprint density at radius 2 is 1.44 bits per heavy atom. The number of benzene rings is 2. The van der Waals surface area contributed by atoms with Crippen LogP contribution >= 0.6 is 46.4 Å². The Morgan fingerprint density at radius 1 is 0.920 bits per heavy atom. The molecule has 0 saturated heterocycles. The Kier molecular flexibility index (Phi) is 5.74.